The van der Waals surface area contributed by atoms with E-state index in [2.05, 4.69) is 10.3 Å². The van der Waals surface area contributed by atoms with Crippen LogP contribution in [-0.4, -0.2) is 37.0 Å². The van der Waals surface area contributed by atoms with Crippen molar-refractivity contribution in [2.45, 2.75) is 6.54 Å². The van der Waals surface area contributed by atoms with E-state index in [-0.39, 0.29) is 5.82 Å². The number of fused-ring (bicyclic) bond motifs is 3. The van der Waals surface area contributed by atoms with E-state index in [9.17, 15) is 4.39 Å². The molecule has 176 valence electrons. The molecule has 4 aromatic rings. The van der Waals surface area contributed by atoms with Gasteiger partial charge < -0.3 is 19.5 Å². The molecule has 0 fully saturated rings. The molecule has 1 aromatic heterocycles. The van der Waals surface area contributed by atoms with E-state index in [4.69, 9.17) is 24.2 Å². The fraction of sp³-hybridized carbons (Fsp3) is 0.148. The van der Waals surface area contributed by atoms with Crippen molar-refractivity contribution < 1.29 is 18.6 Å². The summed E-state index contributed by atoms with van der Waals surface area (Å²) in [6, 6.07) is 17.7. The molecule has 3 aromatic carbocycles. The summed E-state index contributed by atoms with van der Waals surface area (Å²) in [4.78, 5) is 14.1. The van der Waals surface area contributed by atoms with Crippen molar-refractivity contribution in [3.8, 4) is 28.5 Å². The molecule has 0 bridgehead atoms. The zero-order valence-electron chi connectivity index (χ0n) is 19.5. The largest absolute Gasteiger partial charge is 0.497 e. The summed E-state index contributed by atoms with van der Waals surface area (Å²) in [5, 5.41) is 3.23. The molecule has 0 spiro atoms. The molecule has 7 nitrogen and oxygen atoms in total. The minimum Gasteiger partial charge on any atom is -0.497 e. The van der Waals surface area contributed by atoms with E-state index in [1.807, 2.05) is 30.3 Å². The predicted octanol–water partition coefficient (Wildman–Crippen LogP) is 5.40. The number of methoxy groups -OCH3 is 3. The fourth-order valence-corrected chi connectivity index (χ4v) is 4.04. The lowest BCUT2D eigenvalue weighted by Crippen LogP contribution is -2.07. The van der Waals surface area contributed by atoms with Crippen molar-refractivity contribution in [2.24, 2.45) is 4.99 Å². The van der Waals surface area contributed by atoms with Gasteiger partial charge >= 0.3 is 0 Å². The van der Waals surface area contributed by atoms with Crippen molar-refractivity contribution in [2.75, 3.05) is 26.6 Å². The van der Waals surface area contributed by atoms with Gasteiger partial charge in [-0.1, -0.05) is 12.1 Å². The van der Waals surface area contributed by atoms with Gasteiger partial charge in [-0.25, -0.2) is 14.4 Å². The van der Waals surface area contributed by atoms with Crippen LogP contribution in [0.25, 0.3) is 11.3 Å². The molecular weight excluding hydrogens is 447 g/mol. The summed E-state index contributed by atoms with van der Waals surface area (Å²) < 4.78 is 30.9. The van der Waals surface area contributed by atoms with Gasteiger partial charge in [-0.3, -0.25) is 4.99 Å². The second-order valence-electron chi connectivity index (χ2n) is 7.82. The van der Waals surface area contributed by atoms with E-state index >= 15 is 0 Å². The van der Waals surface area contributed by atoms with Crippen molar-refractivity contribution >= 4 is 17.3 Å². The molecule has 1 aliphatic rings. The number of ether oxygens (including phenoxy) is 3. The summed E-state index contributed by atoms with van der Waals surface area (Å²) in [5.41, 5.74) is 4.82. The van der Waals surface area contributed by atoms with Gasteiger partial charge in [0.2, 0.25) is 5.95 Å². The number of halogens is 1. The van der Waals surface area contributed by atoms with E-state index < -0.39 is 0 Å². The smallest absolute Gasteiger partial charge is 0.227 e. The number of hydrogen-bond acceptors (Lipinski definition) is 7. The fourth-order valence-electron chi connectivity index (χ4n) is 4.04. The molecule has 35 heavy (non-hydrogen) atoms. The van der Waals surface area contributed by atoms with Crippen LogP contribution in [0.5, 0.6) is 17.2 Å². The van der Waals surface area contributed by atoms with E-state index in [0.717, 1.165) is 22.4 Å². The molecule has 0 aliphatic carbocycles. The Bertz CT molecular complexity index is 1440. The van der Waals surface area contributed by atoms with E-state index in [1.54, 1.807) is 51.8 Å². The van der Waals surface area contributed by atoms with Gasteiger partial charge in [0.1, 0.15) is 11.6 Å². The van der Waals surface area contributed by atoms with Gasteiger partial charge in [0.25, 0.3) is 0 Å². The van der Waals surface area contributed by atoms with Crippen LogP contribution in [0.15, 0.2) is 71.9 Å². The average molecular weight is 471 g/mol. The Hall–Kier alpha value is -4.46. The quantitative estimate of drug-likeness (QED) is 0.406. The number of nitrogens with one attached hydrogen (secondary N) is 1. The third kappa shape index (κ3) is 4.26. The first-order chi connectivity index (χ1) is 17.1. The molecule has 0 unspecified atom stereocenters. The van der Waals surface area contributed by atoms with Crippen LogP contribution < -0.4 is 19.5 Å². The van der Waals surface area contributed by atoms with Crippen LogP contribution in [0.1, 0.15) is 16.7 Å². The van der Waals surface area contributed by atoms with Crippen LogP contribution >= 0.6 is 0 Å². The van der Waals surface area contributed by atoms with Gasteiger partial charge in [0.15, 0.2) is 11.5 Å². The predicted molar refractivity (Wildman–Crippen MR) is 133 cm³/mol. The van der Waals surface area contributed by atoms with Crippen LogP contribution in [0, 0.1) is 5.82 Å². The number of aliphatic imine (C=N–C) groups is 1. The summed E-state index contributed by atoms with van der Waals surface area (Å²) in [7, 11) is 4.77. The van der Waals surface area contributed by atoms with Crippen LogP contribution in [0.4, 0.5) is 16.0 Å². The Balaban J connectivity index is 1.60. The lowest BCUT2D eigenvalue weighted by Gasteiger charge is -2.14. The van der Waals surface area contributed by atoms with Gasteiger partial charge in [0.05, 0.1) is 39.3 Å². The Kier molecular flexibility index (Phi) is 6.01. The standard InChI is InChI=1S/C27H23FN4O3/c1-33-18-9-10-19-21(13-18)25-16(14-29-26(19)20-6-4-5-7-22(20)28)15-30-27(32-25)31-17-8-11-23(34-2)24(12-17)35-3/h4-13,15H,14H2,1-3H3,(H,30,31,32). The second kappa shape index (κ2) is 9.42. The lowest BCUT2D eigenvalue weighted by molar-refractivity contribution is 0.355. The number of anilines is 2. The highest BCUT2D eigenvalue weighted by atomic mass is 19.1. The minimum atomic E-state index is -0.333. The maximum Gasteiger partial charge on any atom is 0.227 e. The Labute approximate surface area is 202 Å². The average Bonchev–Trinajstić information content (AvgIpc) is 3.05. The first-order valence-electron chi connectivity index (χ1n) is 10.9. The molecule has 0 amide bonds. The SMILES string of the molecule is COc1ccc2c(c1)-c1nc(Nc3ccc(OC)c(OC)c3)ncc1CN=C2c1ccccc1F. The van der Waals surface area contributed by atoms with Gasteiger partial charge in [0, 0.05) is 40.2 Å². The molecule has 2 heterocycles. The molecule has 1 N–H and O–H groups in total. The molecular formula is C27H23FN4O3. The van der Waals surface area contributed by atoms with Crippen molar-refractivity contribution in [1.82, 2.24) is 9.97 Å². The number of benzene rings is 3. The number of aromatic nitrogens is 2. The monoisotopic (exact) mass is 470 g/mol. The molecule has 0 radical (unpaired) electrons. The van der Waals surface area contributed by atoms with Gasteiger partial charge in [-0.15, -0.1) is 0 Å². The summed E-state index contributed by atoms with van der Waals surface area (Å²) in [6.07, 6.45) is 1.74. The third-order valence-corrected chi connectivity index (χ3v) is 5.78. The minimum absolute atomic E-state index is 0.312. The van der Waals surface area contributed by atoms with Crippen LogP contribution in [-0.2, 0) is 6.54 Å². The molecule has 1 aliphatic heterocycles. The Morgan fingerprint density at radius 3 is 2.43 bits per heavy atom. The Morgan fingerprint density at radius 1 is 0.829 bits per heavy atom. The highest BCUT2D eigenvalue weighted by Crippen LogP contribution is 2.36. The van der Waals surface area contributed by atoms with Crippen LogP contribution in [0.3, 0.4) is 0 Å². The van der Waals surface area contributed by atoms with Crippen molar-refractivity contribution in [3.63, 3.8) is 0 Å². The summed E-state index contributed by atoms with van der Waals surface area (Å²) in [6.45, 7) is 0.312. The highest BCUT2D eigenvalue weighted by molar-refractivity contribution is 6.17. The molecule has 0 saturated heterocycles. The van der Waals surface area contributed by atoms with E-state index in [0.29, 0.717) is 46.7 Å². The lowest BCUT2D eigenvalue weighted by atomic mass is 9.95. The third-order valence-electron chi connectivity index (χ3n) is 5.78. The number of rotatable bonds is 6. The highest BCUT2D eigenvalue weighted by Gasteiger charge is 2.23. The molecule has 0 atom stereocenters. The zero-order chi connectivity index (χ0) is 24.4. The first kappa shape index (κ1) is 22.3. The van der Waals surface area contributed by atoms with E-state index in [1.165, 1.54) is 6.07 Å². The maximum absolute atomic E-state index is 14.7. The van der Waals surface area contributed by atoms with Crippen molar-refractivity contribution in [1.29, 1.82) is 0 Å². The molecule has 8 heteroatoms. The van der Waals surface area contributed by atoms with Gasteiger partial charge in [-0.2, -0.15) is 0 Å². The first-order valence-corrected chi connectivity index (χ1v) is 10.9. The van der Waals surface area contributed by atoms with Crippen molar-refractivity contribution in [3.05, 3.63) is 89.4 Å². The Morgan fingerprint density at radius 2 is 1.66 bits per heavy atom. The normalized spacial score (nSPS) is 12.1. The van der Waals surface area contributed by atoms with Crippen LogP contribution in [0.2, 0.25) is 0 Å². The molecule has 5 rings (SSSR count). The zero-order valence-corrected chi connectivity index (χ0v) is 19.5. The van der Waals surface area contributed by atoms with Gasteiger partial charge in [-0.05, 0) is 42.5 Å². The maximum atomic E-state index is 14.7. The second-order valence-corrected chi connectivity index (χ2v) is 7.82. The molecule has 0 saturated carbocycles. The number of hydrogen-bond donors (Lipinski definition) is 1. The summed E-state index contributed by atoms with van der Waals surface area (Å²) in [5.74, 6) is 1.95. The number of nitrogens with zero attached hydrogens (tertiary/aromatic N) is 3. The summed E-state index contributed by atoms with van der Waals surface area (Å²) >= 11 is 0. The topological polar surface area (TPSA) is 77.9 Å².